The number of likely N-dealkylation sites (N-methyl/N-ethyl adjacent to an activating group) is 1. The minimum atomic E-state index is 0.231. The van der Waals surface area contributed by atoms with Gasteiger partial charge < -0.3 is 4.90 Å². The zero-order chi connectivity index (χ0) is 19.2. The number of aliphatic imine (C=N–C) groups is 1. The molecule has 5 nitrogen and oxygen atoms in total. The van der Waals surface area contributed by atoms with Gasteiger partial charge in [-0.15, -0.1) is 0 Å². The fraction of sp³-hybridized carbons (Fsp3) is 0.333. The number of hydrogen-bond donors (Lipinski definition) is 1. The Morgan fingerprint density at radius 2 is 1.89 bits per heavy atom. The van der Waals surface area contributed by atoms with E-state index >= 15 is 0 Å². The monoisotopic (exact) mass is 384 g/mol. The highest BCUT2D eigenvalue weighted by Crippen LogP contribution is 2.16. The molecule has 0 bridgehead atoms. The van der Waals surface area contributed by atoms with Crippen molar-refractivity contribution in [3.05, 3.63) is 69.7 Å². The molecule has 1 aliphatic rings. The van der Waals surface area contributed by atoms with Gasteiger partial charge >= 0.3 is 0 Å². The Morgan fingerprint density at radius 1 is 1.15 bits per heavy atom. The number of benzene rings is 2. The van der Waals surface area contributed by atoms with Gasteiger partial charge in [0.2, 0.25) is 0 Å². The summed E-state index contributed by atoms with van der Waals surface area (Å²) in [6.07, 6.45) is 0. The number of fused-ring (bicyclic) bond motifs is 1. The molecule has 0 atom stereocenters. The number of hydrogen-bond acceptors (Lipinski definition) is 4. The van der Waals surface area contributed by atoms with Crippen LogP contribution in [0.1, 0.15) is 19.4 Å². The third kappa shape index (κ3) is 4.75. The molecule has 0 saturated heterocycles. The van der Waals surface area contributed by atoms with Crippen molar-refractivity contribution in [2.24, 2.45) is 9.98 Å². The first-order valence-corrected chi connectivity index (χ1v) is 9.66. The van der Waals surface area contributed by atoms with Gasteiger partial charge in [0, 0.05) is 22.3 Å². The zero-order valence-electron chi connectivity index (χ0n) is 15.8. The summed E-state index contributed by atoms with van der Waals surface area (Å²) >= 11 is 6.23. The summed E-state index contributed by atoms with van der Waals surface area (Å²) < 4.78 is 0. The second kappa shape index (κ2) is 9.13. The lowest BCUT2D eigenvalue weighted by molar-refractivity contribution is -0.0120. The Balaban J connectivity index is 2.04. The Morgan fingerprint density at radius 3 is 2.59 bits per heavy atom. The van der Waals surface area contributed by atoms with Crippen molar-refractivity contribution in [2.45, 2.75) is 13.8 Å². The van der Waals surface area contributed by atoms with Crippen LogP contribution < -0.4 is 10.6 Å². The number of hydroxylamine groups is 2. The van der Waals surface area contributed by atoms with Gasteiger partial charge in [-0.1, -0.05) is 55.8 Å². The van der Waals surface area contributed by atoms with Gasteiger partial charge in [-0.2, -0.15) is 0 Å². The van der Waals surface area contributed by atoms with Crippen molar-refractivity contribution in [1.29, 1.82) is 0 Å². The Labute approximate surface area is 164 Å². The summed E-state index contributed by atoms with van der Waals surface area (Å²) in [5, 5.41) is 14.2. The average molecular weight is 385 g/mol. The predicted octanol–water partition coefficient (Wildman–Crippen LogP) is 2.56. The number of halogens is 1. The van der Waals surface area contributed by atoms with Crippen molar-refractivity contribution in [1.82, 2.24) is 9.96 Å². The molecule has 0 saturated carbocycles. The molecule has 0 fully saturated rings. The lowest BCUT2D eigenvalue weighted by Crippen LogP contribution is -2.32. The van der Waals surface area contributed by atoms with Crippen LogP contribution >= 0.6 is 11.6 Å². The number of rotatable bonds is 6. The van der Waals surface area contributed by atoms with E-state index in [4.69, 9.17) is 16.6 Å². The van der Waals surface area contributed by atoms with Crippen LogP contribution in [0.15, 0.2) is 58.5 Å². The first-order chi connectivity index (χ1) is 13.1. The smallest absolute Gasteiger partial charge is 0.146 e. The van der Waals surface area contributed by atoms with Crippen molar-refractivity contribution < 1.29 is 5.21 Å². The minimum absolute atomic E-state index is 0.231. The first kappa shape index (κ1) is 19.5. The quantitative estimate of drug-likeness (QED) is 0.832. The molecule has 0 amide bonds. The highest BCUT2D eigenvalue weighted by Gasteiger charge is 2.17. The molecular formula is C21H25ClN4O. The van der Waals surface area contributed by atoms with Crippen molar-refractivity contribution in [2.75, 3.05) is 32.7 Å². The van der Waals surface area contributed by atoms with E-state index in [0.717, 1.165) is 35.8 Å². The lowest BCUT2D eigenvalue weighted by Gasteiger charge is -2.19. The summed E-state index contributed by atoms with van der Waals surface area (Å²) in [6, 6.07) is 15.3. The van der Waals surface area contributed by atoms with Gasteiger partial charge in [0.25, 0.3) is 0 Å². The molecule has 1 heterocycles. The minimum Gasteiger partial charge on any atom is -0.302 e. The van der Waals surface area contributed by atoms with E-state index in [2.05, 4.69) is 23.7 Å². The molecule has 1 aliphatic heterocycles. The van der Waals surface area contributed by atoms with Crippen LogP contribution in [-0.4, -0.2) is 53.7 Å². The molecule has 2 aromatic rings. The standard InChI is InChI=1S/C21H25ClN4O/c1-3-25(4-2)13-12-23-20-15-26(27)21(16-8-6-5-7-9-16)18-14-17(22)10-11-19(18)24-20/h5-11,14,27H,3-4,12-13,15H2,1-2H3. The van der Waals surface area contributed by atoms with Crippen LogP contribution in [0.3, 0.4) is 0 Å². The molecule has 27 heavy (non-hydrogen) atoms. The van der Waals surface area contributed by atoms with Crippen LogP contribution in [0.4, 0.5) is 0 Å². The normalized spacial score (nSPS) is 15.7. The summed E-state index contributed by atoms with van der Waals surface area (Å²) in [7, 11) is 0. The maximum atomic E-state index is 10.8. The van der Waals surface area contributed by atoms with Gasteiger partial charge in [0.1, 0.15) is 12.4 Å². The van der Waals surface area contributed by atoms with Crippen molar-refractivity contribution >= 4 is 23.1 Å². The Kier molecular flexibility index (Phi) is 6.61. The lowest BCUT2D eigenvalue weighted by atomic mass is 10.1. The van der Waals surface area contributed by atoms with E-state index in [1.54, 1.807) is 0 Å². The van der Waals surface area contributed by atoms with Gasteiger partial charge in [-0.3, -0.25) is 10.2 Å². The molecule has 0 radical (unpaired) electrons. The summed E-state index contributed by atoms with van der Waals surface area (Å²) in [6.45, 7) is 8.04. The molecule has 142 valence electrons. The van der Waals surface area contributed by atoms with Crippen LogP contribution in [0.5, 0.6) is 0 Å². The van der Waals surface area contributed by atoms with Gasteiger partial charge in [-0.25, -0.2) is 10.1 Å². The molecule has 0 spiro atoms. The zero-order valence-corrected chi connectivity index (χ0v) is 16.5. The fourth-order valence-corrected chi connectivity index (χ4v) is 3.34. The van der Waals surface area contributed by atoms with E-state index in [9.17, 15) is 5.21 Å². The van der Waals surface area contributed by atoms with Crippen LogP contribution in [-0.2, 0) is 0 Å². The third-order valence-electron chi connectivity index (χ3n) is 4.66. The van der Waals surface area contributed by atoms with E-state index in [0.29, 0.717) is 23.1 Å². The molecule has 3 rings (SSSR count). The maximum Gasteiger partial charge on any atom is 0.146 e. The molecule has 2 aromatic carbocycles. The van der Waals surface area contributed by atoms with Gasteiger partial charge in [-0.05, 0) is 31.3 Å². The predicted molar refractivity (Wildman–Crippen MR) is 110 cm³/mol. The van der Waals surface area contributed by atoms with Crippen LogP contribution in [0, 0.1) is 0 Å². The Bertz CT molecular complexity index is 923. The largest absolute Gasteiger partial charge is 0.302 e. The van der Waals surface area contributed by atoms with E-state index in [-0.39, 0.29) is 6.54 Å². The second-order valence-corrected chi connectivity index (χ2v) is 6.81. The average Bonchev–Trinajstić information content (AvgIpc) is 2.81. The molecular weight excluding hydrogens is 360 g/mol. The summed E-state index contributed by atoms with van der Waals surface area (Å²) in [5.41, 5.74) is 1.59. The highest BCUT2D eigenvalue weighted by molar-refractivity contribution is 6.30. The van der Waals surface area contributed by atoms with E-state index in [1.165, 1.54) is 5.06 Å². The fourth-order valence-electron chi connectivity index (χ4n) is 3.17. The third-order valence-corrected chi connectivity index (χ3v) is 4.90. The second-order valence-electron chi connectivity index (χ2n) is 6.37. The maximum absolute atomic E-state index is 10.8. The van der Waals surface area contributed by atoms with Gasteiger partial charge in [0.15, 0.2) is 0 Å². The molecule has 6 heteroatoms. The molecule has 0 aliphatic carbocycles. The van der Waals surface area contributed by atoms with Gasteiger partial charge in [0.05, 0.1) is 17.6 Å². The Hall–Kier alpha value is -2.21. The first-order valence-electron chi connectivity index (χ1n) is 9.28. The van der Waals surface area contributed by atoms with Crippen molar-refractivity contribution in [3.8, 4) is 0 Å². The SMILES string of the molecule is CCN(CC)CCN=C1CN(O)C(c2ccccc2)=c2cc(Cl)ccc2=N1. The molecule has 0 aromatic heterocycles. The highest BCUT2D eigenvalue weighted by atomic mass is 35.5. The number of amidine groups is 1. The molecule has 1 N–H and O–H groups in total. The molecule has 0 unspecified atom stereocenters. The van der Waals surface area contributed by atoms with Crippen LogP contribution in [0.25, 0.3) is 5.70 Å². The van der Waals surface area contributed by atoms with Crippen molar-refractivity contribution in [3.63, 3.8) is 0 Å². The summed E-state index contributed by atoms with van der Waals surface area (Å²) in [5.74, 6) is 0.610. The summed E-state index contributed by atoms with van der Waals surface area (Å²) in [4.78, 5) is 11.7. The number of nitrogens with zero attached hydrogens (tertiary/aromatic N) is 4. The van der Waals surface area contributed by atoms with Crippen LogP contribution in [0.2, 0.25) is 5.02 Å². The van der Waals surface area contributed by atoms with E-state index < -0.39 is 0 Å². The van der Waals surface area contributed by atoms with E-state index in [1.807, 2.05) is 48.5 Å². The topological polar surface area (TPSA) is 51.4 Å².